The Morgan fingerprint density at radius 2 is 2.07 bits per heavy atom. The van der Waals surface area contributed by atoms with Crippen LogP contribution in [0.25, 0.3) is 10.6 Å². The smallest absolute Gasteiger partial charge is 0.138 e. The van der Waals surface area contributed by atoms with Gasteiger partial charge in [0.15, 0.2) is 0 Å². The van der Waals surface area contributed by atoms with Crippen molar-refractivity contribution in [2.75, 3.05) is 5.73 Å². The lowest BCUT2D eigenvalue weighted by Crippen LogP contribution is -1.87. The van der Waals surface area contributed by atoms with E-state index in [0.717, 1.165) is 21.0 Å². The molecule has 0 unspecified atom stereocenters. The van der Waals surface area contributed by atoms with Gasteiger partial charge in [-0.3, -0.25) is 0 Å². The number of thiazole rings is 1. The largest absolute Gasteiger partial charge is 0.383 e. The van der Waals surface area contributed by atoms with Crippen LogP contribution in [-0.4, -0.2) is 4.98 Å². The molecule has 0 aliphatic rings. The van der Waals surface area contributed by atoms with Crippen LogP contribution in [0.1, 0.15) is 10.4 Å². The molecule has 1 aromatic carbocycles. The lowest BCUT2D eigenvalue weighted by atomic mass is 10.1. The second kappa shape index (κ2) is 3.62. The van der Waals surface area contributed by atoms with Crippen LogP contribution in [0.4, 0.5) is 10.2 Å². The van der Waals surface area contributed by atoms with Gasteiger partial charge in [-0.2, -0.15) is 0 Å². The fourth-order valence-electron chi connectivity index (χ4n) is 1.39. The summed E-state index contributed by atoms with van der Waals surface area (Å²) in [6.07, 6.45) is 0. The summed E-state index contributed by atoms with van der Waals surface area (Å²) >= 11 is 1.53. The number of aryl methyl sites for hydroxylation is 2. The molecule has 4 heteroatoms. The molecule has 0 aliphatic carbocycles. The average molecular weight is 222 g/mol. The molecule has 0 aliphatic heterocycles. The molecule has 0 saturated carbocycles. The lowest BCUT2D eigenvalue weighted by Gasteiger charge is -2.01. The highest BCUT2D eigenvalue weighted by molar-refractivity contribution is 7.15. The van der Waals surface area contributed by atoms with E-state index in [4.69, 9.17) is 5.73 Å². The SMILES string of the molecule is Cc1cc(F)ccc1-c1nc(N)c(C)s1. The predicted molar refractivity (Wildman–Crippen MR) is 61.4 cm³/mol. The van der Waals surface area contributed by atoms with Crippen molar-refractivity contribution >= 4 is 17.2 Å². The minimum absolute atomic E-state index is 0.225. The second-order valence-corrected chi connectivity index (χ2v) is 4.62. The molecule has 2 rings (SSSR count). The first kappa shape index (κ1) is 10.1. The molecule has 2 nitrogen and oxygen atoms in total. The summed E-state index contributed by atoms with van der Waals surface area (Å²) in [6, 6.07) is 4.68. The molecule has 1 aromatic heterocycles. The fourth-order valence-corrected chi connectivity index (χ4v) is 2.31. The highest BCUT2D eigenvalue weighted by atomic mass is 32.1. The van der Waals surface area contributed by atoms with Crippen LogP contribution < -0.4 is 5.73 Å². The third-order valence-electron chi connectivity index (χ3n) is 2.25. The van der Waals surface area contributed by atoms with E-state index >= 15 is 0 Å². The molecule has 0 bridgehead atoms. The van der Waals surface area contributed by atoms with Gasteiger partial charge in [-0.15, -0.1) is 11.3 Å². The van der Waals surface area contributed by atoms with Crippen LogP contribution in [0.2, 0.25) is 0 Å². The maximum Gasteiger partial charge on any atom is 0.138 e. The highest BCUT2D eigenvalue weighted by Gasteiger charge is 2.09. The summed E-state index contributed by atoms with van der Waals surface area (Å²) in [5, 5.41) is 0.850. The number of nitrogen functional groups attached to an aromatic ring is 1. The third kappa shape index (κ3) is 1.85. The molecule has 0 atom stereocenters. The molecule has 0 amide bonds. The first-order chi connectivity index (χ1) is 7.08. The van der Waals surface area contributed by atoms with Crippen molar-refractivity contribution in [2.45, 2.75) is 13.8 Å². The normalized spacial score (nSPS) is 10.6. The van der Waals surface area contributed by atoms with Crippen LogP contribution in [0, 0.1) is 19.7 Å². The molecule has 1 heterocycles. The molecule has 2 N–H and O–H groups in total. The number of halogens is 1. The van der Waals surface area contributed by atoms with Gasteiger partial charge in [0.25, 0.3) is 0 Å². The van der Waals surface area contributed by atoms with Crippen molar-refractivity contribution in [3.63, 3.8) is 0 Å². The Morgan fingerprint density at radius 3 is 2.60 bits per heavy atom. The van der Waals surface area contributed by atoms with Crippen molar-refractivity contribution in [1.29, 1.82) is 0 Å². The van der Waals surface area contributed by atoms with Crippen LogP contribution in [0.5, 0.6) is 0 Å². The van der Waals surface area contributed by atoms with E-state index in [1.165, 1.54) is 23.5 Å². The van der Waals surface area contributed by atoms with Gasteiger partial charge in [0.2, 0.25) is 0 Å². The quantitative estimate of drug-likeness (QED) is 0.805. The van der Waals surface area contributed by atoms with Crippen molar-refractivity contribution in [2.24, 2.45) is 0 Å². The first-order valence-electron chi connectivity index (χ1n) is 4.57. The van der Waals surface area contributed by atoms with Crippen LogP contribution >= 0.6 is 11.3 Å². The summed E-state index contributed by atoms with van der Waals surface area (Å²) in [6.45, 7) is 3.79. The summed E-state index contributed by atoms with van der Waals surface area (Å²) in [5.41, 5.74) is 7.51. The zero-order valence-corrected chi connectivity index (χ0v) is 9.36. The van der Waals surface area contributed by atoms with E-state index < -0.39 is 0 Å². The van der Waals surface area contributed by atoms with Gasteiger partial charge in [-0.25, -0.2) is 9.37 Å². The molecule has 15 heavy (non-hydrogen) atoms. The molecule has 0 fully saturated rings. The number of nitrogens with zero attached hydrogens (tertiary/aromatic N) is 1. The number of anilines is 1. The van der Waals surface area contributed by atoms with Crippen molar-refractivity contribution in [3.05, 3.63) is 34.5 Å². The van der Waals surface area contributed by atoms with E-state index in [9.17, 15) is 4.39 Å². The van der Waals surface area contributed by atoms with Crippen LogP contribution in [0.3, 0.4) is 0 Å². The summed E-state index contributed by atoms with van der Waals surface area (Å²) in [7, 11) is 0. The monoisotopic (exact) mass is 222 g/mol. The van der Waals surface area contributed by atoms with E-state index in [1.54, 1.807) is 6.07 Å². The molecule has 2 aromatic rings. The van der Waals surface area contributed by atoms with E-state index in [-0.39, 0.29) is 5.82 Å². The Morgan fingerprint density at radius 1 is 1.33 bits per heavy atom. The number of rotatable bonds is 1. The Labute approximate surface area is 91.6 Å². The van der Waals surface area contributed by atoms with E-state index in [2.05, 4.69) is 4.98 Å². The van der Waals surface area contributed by atoms with Crippen molar-refractivity contribution in [1.82, 2.24) is 4.98 Å². The summed E-state index contributed by atoms with van der Waals surface area (Å²) in [5.74, 6) is 0.330. The average Bonchev–Trinajstić information content (AvgIpc) is 2.46. The standard InChI is InChI=1S/C11H11FN2S/c1-6-5-8(12)3-4-9(6)11-14-10(13)7(2)15-11/h3-5H,13H2,1-2H3. The molecular weight excluding hydrogens is 211 g/mol. The molecule has 0 spiro atoms. The Balaban J connectivity index is 2.54. The van der Waals surface area contributed by atoms with Crippen LogP contribution in [-0.2, 0) is 0 Å². The third-order valence-corrected chi connectivity index (χ3v) is 3.27. The number of hydrogen-bond donors (Lipinski definition) is 1. The summed E-state index contributed by atoms with van der Waals surface area (Å²) < 4.78 is 12.9. The number of aromatic nitrogens is 1. The topological polar surface area (TPSA) is 38.9 Å². The Kier molecular flexibility index (Phi) is 2.44. The van der Waals surface area contributed by atoms with Gasteiger partial charge in [-0.05, 0) is 37.6 Å². The zero-order valence-electron chi connectivity index (χ0n) is 8.54. The number of benzene rings is 1. The maximum absolute atomic E-state index is 12.9. The second-order valence-electron chi connectivity index (χ2n) is 3.42. The minimum Gasteiger partial charge on any atom is -0.383 e. The van der Waals surface area contributed by atoms with Crippen molar-refractivity contribution in [3.8, 4) is 10.6 Å². The Bertz CT molecular complexity index is 486. The maximum atomic E-state index is 12.9. The Hall–Kier alpha value is -1.42. The molecular formula is C11H11FN2S. The fraction of sp³-hybridized carbons (Fsp3) is 0.182. The van der Waals surface area contributed by atoms with Gasteiger partial charge in [-0.1, -0.05) is 0 Å². The van der Waals surface area contributed by atoms with E-state index in [0.29, 0.717) is 5.82 Å². The van der Waals surface area contributed by atoms with E-state index in [1.807, 2.05) is 13.8 Å². The lowest BCUT2D eigenvalue weighted by molar-refractivity contribution is 0.627. The van der Waals surface area contributed by atoms with Gasteiger partial charge in [0.05, 0.1) is 0 Å². The number of hydrogen-bond acceptors (Lipinski definition) is 3. The summed E-state index contributed by atoms with van der Waals surface area (Å²) in [4.78, 5) is 5.24. The molecule has 0 radical (unpaired) electrons. The molecule has 0 saturated heterocycles. The van der Waals surface area contributed by atoms with Crippen molar-refractivity contribution < 1.29 is 4.39 Å². The van der Waals surface area contributed by atoms with Crippen LogP contribution in [0.15, 0.2) is 18.2 Å². The van der Waals surface area contributed by atoms with Gasteiger partial charge in [0, 0.05) is 10.4 Å². The van der Waals surface area contributed by atoms with Gasteiger partial charge < -0.3 is 5.73 Å². The number of nitrogens with two attached hydrogens (primary N) is 1. The molecule has 78 valence electrons. The zero-order chi connectivity index (χ0) is 11.0. The first-order valence-corrected chi connectivity index (χ1v) is 5.39. The van der Waals surface area contributed by atoms with Gasteiger partial charge in [0.1, 0.15) is 16.6 Å². The predicted octanol–water partition coefficient (Wildman–Crippen LogP) is 3.15. The van der Waals surface area contributed by atoms with Gasteiger partial charge >= 0.3 is 0 Å². The minimum atomic E-state index is -0.225. The highest BCUT2D eigenvalue weighted by Crippen LogP contribution is 2.31.